The SMILES string of the molecule is Cc1ccnc(SC(C)C(C)C(=O)NN)n1. The van der Waals surface area contributed by atoms with Crippen LogP contribution in [-0.2, 0) is 4.79 Å². The number of hydrogen-bond donors (Lipinski definition) is 2. The molecule has 1 heterocycles. The Balaban J connectivity index is 2.64. The van der Waals surface area contributed by atoms with Crippen molar-refractivity contribution in [2.75, 3.05) is 0 Å². The third-order valence-corrected chi connectivity index (χ3v) is 3.51. The molecule has 0 aliphatic rings. The Morgan fingerprint density at radius 3 is 2.81 bits per heavy atom. The second-order valence-corrected chi connectivity index (χ2v) is 4.95. The Labute approximate surface area is 99.2 Å². The first-order valence-corrected chi connectivity index (χ1v) is 5.89. The predicted octanol–water partition coefficient (Wildman–Crippen LogP) is 0.892. The molecule has 2 atom stereocenters. The van der Waals surface area contributed by atoms with Crippen LogP contribution in [0.3, 0.4) is 0 Å². The molecule has 88 valence electrons. The zero-order valence-corrected chi connectivity index (χ0v) is 10.4. The van der Waals surface area contributed by atoms with Gasteiger partial charge in [-0.05, 0) is 13.0 Å². The Kier molecular flexibility index (Phi) is 4.70. The molecule has 3 N–H and O–H groups in total. The van der Waals surface area contributed by atoms with Crippen LogP contribution in [0.5, 0.6) is 0 Å². The monoisotopic (exact) mass is 240 g/mol. The number of amides is 1. The summed E-state index contributed by atoms with van der Waals surface area (Å²) in [5, 5.41) is 0.759. The smallest absolute Gasteiger partial charge is 0.237 e. The van der Waals surface area contributed by atoms with Crippen LogP contribution < -0.4 is 11.3 Å². The minimum Gasteiger partial charge on any atom is -0.294 e. The zero-order chi connectivity index (χ0) is 12.1. The number of thioether (sulfide) groups is 1. The normalized spacial score (nSPS) is 14.2. The summed E-state index contributed by atoms with van der Waals surface area (Å²) in [7, 11) is 0. The molecule has 1 aromatic rings. The molecular weight excluding hydrogens is 224 g/mol. The number of hydrogen-bond acceptors (Lipinski definition) is 5. The molecule has 0 aliphatic carbocycles. The Morgan fingerprint density at radius 2 is 2.25 bits per heavy atom. The van der Waals surface area contributed by atoms with Gasteiger partial charge in [0.05, 0.1) is 0 Å². The molecule has 1 rings (SSSR count). The topological polar surface area (TPSA) is 80.9 Å². The number of nitrogens with two attached hydrogens (primary N) is 1. The number of hydrazine groups is 1. The van der Waals surface area contributed by atoms with Crippen LogP contribution >= 0.6 is 11.8 Å². The third-order valence-electron chi connectivity index (χ3n) is 2.32. The lowest BCUT2D eigenvalue weighted by molar-refractivity contribution is -0.124. The lowest BCUT2D eigenvalue weighted by atomic mass is 10.1. The highest BCUT2D eigenvalue weighted by Crippen LogP contribution is 2.24. The van der Waals surface area contributed by atoms with Gasteiger partial charge in [0.1, 0.15) is 0 Å². The first-order valence-electron chi connectivity index (χ1n) is 5.01. The summed E-state index contributed by atoms with van der Waals surface area (Å²) < 4.78 is 0. The highest BCUT2D eigenvalue weighted by atomic mass is 32.2. The lowest BCUT2D eigenvalue weighted by Gasteiger charge is -2.16. The molecule has 0 saturated heterocycles. The number of carbonyl (C=O) groups excluding carboxylic acids is 1. The number of aromatic nitrogens is 2. The van der Waals surface area contributed by atoms with E-state index < -0.39 is 0 Å². The van der Waals surface area contributed by atoms with Crippen LogP contribution in [0.25, 0.3) is 0 Å². The number of carbonyl (C=O) groups is 1. The standard InChI is InChI=1S/C10H16N4OS/c1-6-4-5-12-10(13-6)16-8(3)7(2)9(15)14-11/h4-5,7-8H,11H2,1-3H3,(H,14,15). The highest BCUT2D eigenvalue weighted by Gasteiger charge is 2.21. The van der Waals surface area contributed by atoms with Crippen molar-refractivity contribution < 1.29 is 4.79 Å². The average Bonchev–Trinajstić information content (AvgIpc) is 2.27. The number of nitrogens with zero attached hydrogens (tertiary/aromatic N) is 2. The first-order chi connectivity index (χ1) is 7.54. The van der Waals surface area contributed by atoms with Crippen LogP contribution in [0, 0.1) is 12.8 Å². The van der Waals surface area contributed by atoms with Gasteiger partial charge in [-0.2, -0.15) is 0 Å². The minimum atomic E-state index is -0.181. The van der Waals surface area contributed by atoms with E-state index in [1.807, 2.05) is 26.8 Å². The van der Waals surface area contributed by atoms with Crippen LogP contribution in [0.1, 0.15) is 19.5 Å². The van der Waals surface area contributed by atoms with Crippen molar-refractivity contribution in [3.63, 3.8) is 0 Å². The summed E-state index contributed by atoms with van der Waals surface area (Å²) in [5.74, 6) is 4.73. The molecule has 0 radical (unpaired) electrons. The van der Waals surface area contributed by atoms with Crippen LogP contribution in [0.2, 0.25) is 0 Å². The van der Waals surface area contributed by atoms with Crippen molar-refractivity contribution in [1.29, 1.82) is 0 Å². The molecular formula is C10H16N4OS. The molecule has 0 bridgehead atoms. The van der Waals surface area contributed by atoms with Crippen molar-refractivity contribution in [2.45, 2.75) is 31.2 Å². The van der Waals surface area contributed by atoms with Crippen molar-refractivity contribution in [3.8, 4) is 0 Å². The van der Waals surface area contributed by atoms with Crippen molar-refractivity contribution in [1.82, 2.24) is 15.4 Å². The van der Waals surface area contributed by atoms with Crippen LogP contribution in [0.4, 0.5) is 0 Å². The molecule has 0 fully saturated rings. The third kappa shape index (κ3) is 3.46. The molecule has 0 saturated carbocycles. The van der Waals surface area contributed by atoms with Gasteiger partial charge in [-0.3, -0.25) is 10.2 Å². The van der Waals surface area contributed by atoms with Crippen LogP contribution in [0.15, 0.2) is 17.4 Å². The second kappa shape index (κ2) is 5.81. The summed E-state index contributed by atoms with van der Waals surface area (Å²) in [6.07, 6.45) is 1.71. The zero-order valence-electron chi connectivity index (χ0n) is 9.60. The molecule has 6 heteroatoms. The fraction of sp³-hybridized carbons (Fsp3) is 0.500. The van der Waals surface area contributed by atoms with E-state index in [4.69, 9.17) is 5.84 Å². The summed E-state index contributed by atoms with van der Waals surface area (Å²) in [6, 6.07) is 1.84. The van der Waals surface area contributed by atoms with Gasteiger partial charge < -0.3 is 0 Å². The predicted molar refractivity (Wildman–Crippen MR) is 63.6 cm³/mol. The molecule has 0 aromatic carbocycles. The van der Waals surface area contributed by atoms with E-state index in [1.54, 1.807) is 6.20 Å². The lowest BCUT2D eigenvalue weighted by Crippen LogP contribution is -2.38. The maximum Gasteiger partial charge on any atom is 0.237 e. The van der Waals surface area contributed by atoms with E-state index in [-0.39, 0.29) is 17.1 Å². The molecule has 16 heavy (non-hydrogen) atoms. The van der Waals surface area contributed by atoms with Gasteiger partial charge in [0.2, 0.25) is 5.91 Å². The summed E-state index contributed by atoms with van der Waals surface area (Å²) in [5.41, 5.74) is 3.07. The van der Waals surface area contributed by atoms with E-state index in [0.717, 1.165) is 5.69 Å². The Bertz CT molecular complexity index is 372. The average molecular weight is 240 g/mol. The Hall–Kier alpha value is -1.14. The molecule has 1 amide bonds. The van der Waals surface area contributed by atoms with E-state index in [9.17, 15) is 4.79 Å². The van der Waals surface area contributed by atoms with Crippen molar-refractivity contribution in [3.05, 3.63) is 18.0 Å². The maximum atomic E-state index is 11.3. The van der Waals surface area contributed by atoms with Crippen LogP contribution in [-0.4, -0.2) is 21.1 Å². The highest BCUT2D eigenvalue weighted by molar-refractivity contribution is 7.99. The summed E-state index contributed by atoms with van der Waals surface area (Å²) >= 11 is 1.47. The first kappa shape index (κ1) is 12.9. The molecule has 0 spiro atoms. The Morgan fingerprint density at radius 1 is 1.56 bits per heavy atom. The number of nitrogens with one attached hydrogen (secondary N) is 1. The summed E-state index contributed by atoms with van der Waals surface area (Å²) in [6.45, 7) is 5.69. The van der Waals surface area contributed by atoms with Gasteiger partial charge >= 0.3 is 0 Å². The van der Waals surface area contributed by atoms with Gasteiger partial charge in [0.25, 0.3) is 0 Å². The number of aryl methyl sites for hydroxylation is 1. The summed E-state index contributed by atoms with van der Waals surface area (Å²) in [4.78, 5) is 19.7. The maximum absolute atomic E-state index is 11.3. The van der Waals surface area contributed by atoms with Gasteiger partial charge in [-0.25, -0.2) is 15.8 Å². The van der Waals surface area contributed by atoms with Crippen molar-refractivity contribution >= 4 is 17.7 Å². The molecule has 0 aliphatic heterocycles. The van der Waals surface area contributed by atoms with E-state index in [0.29, 0.717) is 5.16 Å². The quantitative estimate of drug-likeness (QED) is 0.268. The second-order valence-electron chi connectivity index (χ2n) is 3.60. The van der Waals surface area contributed by atoms with E-state index in [1.165, 1.54) is 11.8 Å². The van der Waals surface area contributed by atoms with Gasteiger partial charge in [-0.1, -0.05) is 25.6 Å². The fourth-order valence-electron chi connectivity index (χ4n) is 1.10. The molecule has 1 aromatic heterocycles. The molecule has 5 nitrogen and oxygen atoms in total. The van der Waals surface area contributed by atoms with Gasteiger partial charge in [-0.15, -0.1) is 0 Å². The molecule has 2 unspecified atom stereocenters. The van der Waals surface area contributed by atoms with E-state index >= 15 is 0 Å². The van der Waals surface area contributed by atoms with Crippen molar-refractivity contribution in [2.24, 2.45) is 11.8 Å². The number of rotatable bonds is 4. The van der Waals surface area contributed by atoms with Gasteiger partial charge in [0, 0.05) is 23.1 Å². The van der Waals surface area contributed by atoms with Gasteiger partial charge in [0.15, 0.2) is 5.16 Å². The minimum absolute atomic E-state index is 0.0744. The van der Waals surface area contributed by atoms with E-state index in [2.05, 4.69) is 15.4 Å². The fourth-order valence-corrected chi connectivity index (χ4v) is 2.07. The largest absolute Gasteiger partial charge is 0.294 e.